The minimum absolute atomic E-state index is 0.117. The SMILES string of the molecule is CCCC(C(=O)OCC)C(=O)c1c(F)cccc1F. The summed E-state index contributed by atoms with van der Waals surface area (Å²) in [5, 5.41) is 0. The van der Waals surface area contributed by atoms with Crippen molar-refractivity contribution in [2.45, 2.75) is 26.7 Å². The number of carbonyl (C=O) groups is 2. The predicted molar refractivity (Wildman–Crippen MR) is 65.7 cm³/mol. The summed E-state index contributed by atoms with van der Waals surface area (Å²) in [6, 6.07) is 3.15. The van der Waals surface area contributed by atoms with Gasteiger partial charge in [0.2, 0.25) is 0 Å². The number of rotatable bonds is 6. The number of halogens is 2. The highest BCUT2D eigenvalue weighted by Gasteiger charge is 2.31. The quantitative estimate of drug-likeness (QED) is 0.453. The molecule has 0 aliphatic rings. The lowest BCUT2D eigenvalue weighted by atomic mass is 9.93. The van der Waals surface area contributed by atoms with E-state index < -0.39 is 34.9 Å². The molecule has 3 nitrogen and oxygen atoms in total. The van der Waals surface area contributed by atoms with Gasteiger partial charge in [0.1, 0.15) is 17.6 Å². The number of carbonyl (C=O) groups excluding carboxylic acids is 2. The van der Waals surface area contributed by atoms with E-state index in [1.807, 2.05) is 0 Å². The summed E-state index contributed by atoms with van der Waals surface area (Å²) in [5.41, 5.74) is -0.672. The number of ketones is 1. The first kappa shape index (κ1) is 15.3. The van der Waals surface area contributed by atoms with Gasteiger partial charge in [-0.2, -0.15) is 0 Å². The van der Waals surface area contributed by atoms with Crippen LogP contribution < -0.4 is 0 Å². The molecule has 1 aromatic carbocycles. The van der Waals surface area contributed by atoms with E-state index in [-0.39, 0.29) is 13.0 Å². The maximum atomic E-state index is 13.5. The molecule has 0 N–H and O–H groups in total. The minimum atomic E-state index is -1.16. The zero-order valence-electron chi connectivity index (χ0n) is 10.9. The minimum Gasteiger partial charge on any atom is -0.465 e. The Kier molecular flexibility index (Phi) is 5.60. The van der Waals surface area contributed by atoms with Gasteiger partial charge in [0.15, 0.2) is 5.78 Å². The molecule has 0 saturated heterocycles. The van der Waals surface area contributed by atoms with Gasteiger partial charge in [-0.3, -0.25) is 9.59 Å². The van der Waals surface area contributed by atoms with E-state index in [0.29, 0.717) is 6.42 Å². The Bertz CT molecular complexity index is 452. The van der Waals surface area contributed by atoms with E-state index in [1.165, 1.54) is 6.07 Å². The van der Waals surface area contributed by atoms with Crippen LogP contribution in [0.25, 0.3) is 0 Å². The van der Waals surface area contributed by atoms with Gasteiger partial charge >= 0.3 is 5.97 Å². The van der Waals surface area contributed by atoms with Crippen molar-refractivity contribution >= 4 is 11.8 Å². The molecule has 0 aliphatic heterocycles. The molecule has 0 fully saturated rings. The van der Waals surface area contributed by atoms with Crippen LogP contribution >= 0.6 is 0 Å². The van der Waals surface area contributed by atoms with Crippen molar-refractivity contribution in [1.82, 2.24) is 0 Å². The molecule has 5 heteroatoms. The van der Waals surface area contributed by atoms with E-state index >= 15 is 0 Å². The highest BCUT2D eigenvalue weighted by atomic mass is 19.1. The van der Waals surface area contributed by atoms with Gasteiger partial charge in [0.25, 0.3) is 0 Å². The monoisotopic (exact) mass is 270 g/mol. The molecule has 0 radical (unpaired) electrons. The van der Waals surface area contributed by atoms with Gasteiger partial charge in [-0.1, -0.05) is 19.4 Å². The number of ether oxygens (including phenoxy) is 1. The topological polar surface area (TPSA) is 43.4 Å². The van der Waals surface area contributed by atoms with Crippen molar-refractivity contribution < 1.29 is 23.1 Å². The first-order valence-corrected chi connectivity index (χ1v) is 6.17. The van der Waals surface area contributed by atoms with Crippen LogP contribution in [0.15, 0.2) is 18.2 Å². The standard InChI is InChI=1S/C14H16F2O3/c1-3-6-9(14(18)19-4-2)13(17)12-10(15)7-5-8-11(12)16/h5,7-9H,3-4,6H2,1-2H3. The van der Waals surface area contributed by atoms with Crippen molar-refractivity contribution in [3.8, 4) is 0 Å². The average molecular weight is 270 g/mol. The maximum Gasteiger partial charge on any atom is 0.316 e. The third-order valence-corrected chi connectivity index (χ3v) is 2.67. The Morgan fingerprint density at radius 3 is 2.26 bits per heavy atom. The van der Waals surface area contributed by atoms with Crippen molar-refractivity contribution in [3.05, 3.63) is 35.4 Å². The third-order valence-electron chi connectivity index (χ3n) is 2.67. The van der Waals surface area contributed by atoms with E-state index in [9.17, 15) is 18.4 Å². The van der Waals surface area contributed by atoms with Crippen LogP contribution in [0.5, 0.6) is 0 Å². The van der Waals surface area contributed by atoms with Crippen molar-refractivity contribution in [2.24, 2.45) is 5.92 Å². The molecule has 0 saturated carbocycles. The normalized spacial score (nSPS) is 12.0. The van der Waals surface area contributed by atoms with Crippen LogP contribution in [0.3, 0.4) is 0 Å². The average Bonchev–Trinajstić information content (AvgIpc) is 2.35. The van der Waals surface area contributed by atoms with Crippen LogP contribution in [-0.4, -0.2) is 18.4 Å². The highest BCUT2D eigenvalue weighted by molar-refractivity contribution is 6.08. The number of benzene rings is 1. The van der Waals surface area contributed by atoms with E-state index in [4.69, 9.17) is 4.74 Å². The fourth-order valence-corrected chi connectivity index (χ4v) is 1.79. The fourth-order valence-electron chi connectivity index (χ4n) is 1.79. The zero-order chi connectivity index (χ0) is 14.4. The molecule has 0 bridgehead atoms. The summed E-state index contributed by atoms with van der Waals surface area (Å²) in [6.07, 6.45) is 0.733. The molecular formula is C14H16F2O3. The van der Waals surface area contributed by atoms with Gasteiger partial charge in [0, 0.05) is 0 Å². The van der Waals surface area contributed by atoms with E-state index in [1.54, 1.807) is 13.8 Å². The lowest BCUT2D eigenvalue weighted by Gasteiger charge is -2.14. The molecule has 0 spiro atoms. The van der Waals surface area contributed by atoms with Crippen molar-refractivity contribution in [3.63, 3.8) is 0 Å². The first-order chi connectivity index (χ1) is 9.02. The molecule has 0 aromatic heterocycles. The lowest BCUT2D eigenvalue weighted by molar-refractivity contribution is -0.146. The summed E-state index contributed by atoms with van der Waals surface area (Å²) < 4.78 is 31.8. The van der Waals surface area contributed by atoms with E-state index in [0.717, 1.165) is 12.1 Å². The molecule has 0 aliphatic carbocycles. The molecule has 1 aromatic rings. The highest BCUT2D eigenvalue weighted by Crippen LogP contribution is 2.21. The molecule has 19 heavy (non-hydrogen) atoms. The van der Waals surface area contributed by atoms with Crippen LogP contribution in [-0.2, 0) is 9.53 Å². The zero-order valence-corrected chi connectivity index (χ0v) is 10.9. The van der Waals surface area contributed by atoms with Gasteiger partial charge in [-0.15, -0.1) is 0 Å². The Hall–Kier alpha value is -1.78. The molecule has 104 valence electrons. The van der Waals surface area contributed by atoms with Gasteiger partial charge in [-0.05, 0) is 25.5 Å². The van der Waals surface area contributed by atoms with Crippen LogP contribution in [0.2, 0.25) is 0 Å². The summed E-state index contributed by atoms with van der Waals surface area (Å²) in [6.45, 7) is 3.50. The molecule has 0 amide bonds. The number of Topliss-reactive ketones (excluding diaryl/α,β-unsaturated/α-hetero) is 1. The second-order valence-corrected chi connectivity index (χ2v) is 4.05. The van der Waals surface area contributed by atoms with Gasteiger partial charge in [-0.25, -0.2) is 8.78 Å². The Morgan fingerprint density at radius 1 is 1.21 bits per heavy atom. The number of esters is 1. The lowest BCUT2D eigenvalue weighted by Crippen LogP contribution is -2.27. The Morgan fingerprint density at radius 2 is 1.79 bits per heavy atom. The smallest absolute Gasteiger partial charge is 0.316 e. The summed E-state index contributed by atoms with van der Waals surface area (Å²) in [7, 11) is 0. The van der Waals surface area contributed by atoms with Crippen LogP contribution in [0.4, 0.5) is 8.78 Å². The second-order valence-electron chi connectivity index (χ2n) is 4.05. The van der Waals surface area contributed by atoms with Crippen LogP contribution in [0.1, 0.15) is 37.0 Å². The fraction of sp³-hybridized carbons (Fsp3) is 0.429. The molecule has 0 heterocycles. The predicted octanol–water partition coefficient (Wildman–Crippen LogP) is 3.13. The Labute approximate surface area is 110 Å². The number of hydrogen-bond donors (Lipinski definition) is 0. The van der Waals surface area contributed by atoms with Crippen molar-refractivity contribution in [1.29, 1.82) is 0 Å². The maximum absolute atomic E-state index is 13.5. The molecule has 1 unspecified atom stereocenters. The largest absolute Gasteiger partial charge is 0.465 e. The summed E-state index contributed by atoms with van der Waals surface area (Å²) >= 11 is 0. The first-order valence-electron chi connectivity index (χ1n) is 6.17. The number of hydrogen-bond acceptors (Lipinski definition) is 3. The van der Waals surface area contributed by atoms with Crippen molar-refractivity contribution in [2.75, 3.05) is 6.61 Å². The van der Waals surface area contributed by atoms with Crippen LogP contribution in [0, 0.1) is 17.6 Å². The summed E-state index contributed by atoms with van der Waals surface area (Å²) in [5.74, 6) is -4.69. The molecular weight excluding hydrogens is 254 g/mol. The molecule has 1 atom stereocenters. The van der Waals surface area contributed by atoms with Gasteiger partial charge < -0.3 is 4.74 Å². The third kappa shape index (κ3) is 3.59. The Balaban J connectivity index is 3.09. The van der Waals surface area contributed by atoms with Gasteiger partial charge in [0.05, 0.1) is 12.2 Å². The van der Waals surface area contributed by atoms with E-state index in [2.05, 4.69) is 0 Å². The summed E-state index contributed by atoms with van der Waals surface area (Å²) in [4.78, 5) is 23.8. The molecule has 1 rings (SSSR count). The second kappa shape index (κ2) is 6.97.